The molecule has 5 aromatic rings. The zero-order valence-electron chi connectivity index (χ0n) is 20.6. The number of pyridine rings is 1. The Morgan fingerprint density at radius 3 is 2.59 bits per heavy atom. The summed E-state index contributed by atoms with van der Waals surface area (Å²) in [5.41, 5.74) is 11.9. The predicted octanol–water partition coefficient (Wildman–Crippen LogP) is 6.07. The lowest BCUT2D eigenvalue weighted by atomic mass is 9.93. The van der Waals surface area contributed by atoms with E-state index in [4.69, 9.17) is 15.6 Å². The number of carboxylic acid groups (broad SMARTS) is 1. The molecule has 3 N–H and O–H groups in total. The number of fused-ring (bicyclic) bond motifs is 2. The molecule has 0 amide bonds. The Hall–Kier alpha value is -4.39. The Morgan fingerprint density at radius 1 is 1.05 bits per heavy atom. The van der Waals surface area contributed by atoms with Crippen LogP contribution in [0.15, 0.2) is 66.9 Å². The lowest BCUT2D eigenvalue weighted by molar-refractivity contribution is -0.136. The van der Waals surface area contributed by atoms with E-state index in [9.17, 15) is 9.90 Å². The van der Waals surface area contributed by atoms with Crippen LogP contribution in [-0.2, 0) is 17.8 Å². The average molecular weight is 493 g/mol. The number of ether oxygens (including phenoxy) is 1. The van der Waals surface area contributed by atoms with Crippen molar-refractivity contribution in [2.24, 2.45) is 0 Å². The summed E-state index contributed by atoms with van der Waals surface area (Å²) in [6.07, 6.45) is 5.03. The lowest BCUT2D eigenvalue weighted by Gasteiger charge is -2.27. The highest BCUT2D eigenvalue weighted by Gasteiger charge is 2.25. The summed E-state index contributed by atoms with van der Waals surface area (Å²) < 4.78 is 8.42. The zero-order chi connectivity index (χ0) is 25.5. The summed E-state index contributed by atoms with van der Waals surface area (Å²) in [6.45, 7) is 2.28. The van der Waals surface area contributed by atoms with Crippen LogP contribution >= 0.6 is 0 Å². The summed E-state index contributed by atoms with van der Waals surface area (Å²) >= 11 is 0. The van der Waals surface area contributed by atoms with Gasteiger partial charge in [-0.25, -0.2) is 4.98 Å². The Labute approximate surface area is 214 Å². The van der Waals surface area contributed by atoms with Gasteiger partial charge < -0.3 is 15.6 Å². The van der Waals surface area contributed by atoms with Crippen molar-refractivity contribution in [3.05, 3.63) is 83.7 Å². The smallest absolute Gasteiger partial charge is 0.307 e. The van der Waals surface area contributed by atoms with Gasteiger partial charge in [0.15, 0.2) is 0 Å². The van der Waals surface area contributed by atoms with Crippen LogP contribution in [0.2, 0.25) is 0 Å². The van der Waals surface area contributed by atoms with Gasteiger partial charge >= 0.3 is 5.97 Å². The summed E-state index contributed by atoms with van der Waals surface area (Å²) in [5, 5.41) is 17.3. The van der Waals surface area contributed by atoms with Crippen molar-refractivity contribution in [3.8, 4) is 16.9 Å². The van der Waals surface area contributed by atoms with Crippen LogP contribution in [0.4, 0.5) is 5.82 Å². The molecule has 0 atom stereocenters. The second-order valence-electron chi connectivity index (χ2n) is 9.81. The molecule has 0 aliphatic heterocycles. The number of benzene rings is 3. The molecule has 1 aliphatic rings. The maximum absolute atomic E-state index is 11.4. The van der Waals surface area contributed by atoms with Crippen molar-refractivity contribution in [2.45, 2.75) is 45.3 Å². The largest absolute Gasteiger partial charge is 0.487 e. The summed E-state index contributed by atoms with van der Waals surface area (Å²) in [7, 11) is 0. The first kappa shape index (κ1) is 23.0. The number of carbonyl (C=O) groups is 1. The standard InChI is InChI=1S/C30H28N4O3/c1-18-5-6-22(16-29(35)36)28(13-18)37-17-27-25-15-21(9-10-26(25)33-34(27)23-3-2-4-23)20-8-7-19-11-12-32-30(31)24(19)14-20/h5-15,23H,2-4,16-17H2,1H3,(H2,31,32)(H,35,36). The molecule has 0 saturated heterocycles. The van der Waals surface area contributed by atoms with Crippen molar-refractivity contribution in [1.82, 2.24) is 14.8 Å². The summed E-state index contributed by atoms with van der Waals surface area (Å²) in [5.74, 6) is 0.239. The van der Waals surface area contributed by atoms with Crippen molar-refractivity contribution in [1.29, 1.82) is 0 Å². The van der Waals surface area contributed by atoms with Crippen molar-refractivity contribution < 1.29 is 14.6 Å². The van der Waals surface area contributed by atoms with Gasteiger partial charge in [0.2, 0.25) is 0 Å². The first-order valence-electron chi connectivity index (χ1n) is 12.6. The van der Waals surface area contributed by atoms with Gasteiger partial charge in [-0.05, 0) is 78.6 Å². The van der Waals surface area contributed by atoms with Crippen LogP contribution in [0, 0.1) is 6.92 Å². The van der Waals surface area contributed by atoms with Gasteiger partial charge in [0.25, 0.3) is 0 Å². The molecule has 6 rings (SSSR count). The Morgan fingerprint density at radius 2 is 1.84 bits per heavy atom. The number of hydrogen-bond donors (Lipinski definition) is 2. The number of nitrogen functional groups attached to an aromatic ring is 1. The molecular formula is C30H28N4O3. The average Bonchev–Trinajstić information content (AvgIpc) is 3.19. The number of hydrogen-bond acceptors (Lipinski definition) is 5. The number of aliphatic carboxylic acids is 1. The number of aryl methyl sites for hydroxylation is 1. The van der Waals surface area contributed by atoms with Gasteiger partial charge in [0, 0.05) is 22.5 Å². The third kappa shape index (κ3) is 4.37. The van der Waals surface area contributed by atoms with E-state index in [-0.39, 0.29) is 6.42 Å². The fraction of sp³-hybridized carbons (Fsp3) is 0.233. The van der Waals surface area contributed by atoms with Gasteiger partial charge in [-0.15, -0.1) is 0 Å². The highest BCUT2D eigenvalue weighted by Crippen LogP contribution is 2.37. The Kier molecular flexibility index (Phi) is 5.75. The minimum atomic E-state index is -0.880. The molecule has 2 aromatic heterocycles. The van der Waals surface area contributed by atoms with E-state index in [0.717, 1.165) is 56.9 Å². The van der Waals surface area contributed by atoms with Gasteiger partial charge in [-0.3, -0.25) is 9.48 Å². The number of aromatic nitrogens is 3. The first-order valence-corrected chi connectivity index (χ1v) is 12.6. The number of carboxylic acids is 1. The lowest BCUT2D eigenvalue weighted by Crippen LogP contribution is -2.21. The molecule has 0 bridgehead atoms. The quantitative estimate of drug-likeness (QED) is 0.286. The number of nitrogens with zero attached hydrogens (tertiary/aromatic N) is 3. The minimum Gasteiger partial charge on any atom is -0.487 e. The molecule has 2 heterocycles. The fourth-order valence-corrected chi connectivity index (χ4v) is 5.03. The van der Waals surface area contributed by atoms with E-state index in [2.05, 4.69) is 46.1 Å². The number of nitrogens with two attached hydrogens (primary N) is 1. The Bertz CT molecular complexity index is 1650. The first-order chi connectivity index (χ1) is 18.0. The minimum absolute atomic E-state index is 0.0810. The van der Waals surface area contributed by atoms with Gasteiger partial charge in [-0.2, -0.15) is 5.10 Å². The maximum atomic E-state index is 11.4. The SMILES string of the molecule is Cc1ccc(CC(=O)O)c(OCc2c3cc(-c4ccc5ccnc(N)c5c4)ccc3nn2C2CCC2)c1. The molecule has 1 fully saturated rings. The third-order valence-corrected chi connectivity index (χ3v) is 7.28. The summed E-state index contributed by atoms with van der Waals surface area (Å²) in [6, 6.07) is 20.5. The van der Waals surface area contributed by atoms with Crippen molar-refractivity contribution in [3.63, 3.8) is 0 Å². The molecule has 37 heavy (non-hydrogen) atoms. The molecule has 1 saturated carbocycles. The van der Waals surface area contributed by atoms with E-state index in [1.807, 2.05) is 31.2 Å². The third-order valence-electron chi connectivity index (χ3n) is 7.28. The van der Waals surface area contributed by atoms with Crippen LogP contribution in [0.1, 0.15) is 42.1 Å². The van der Waals surface area contributed by atoms with E-state index >= 15 is 0 Å². The molecule has 7 nitrogen and oxygen atoms in total. The van der Waals surface area contributed by atoms with Crippen LogP contribution in [0.25, 0.3) is 32.8 Å². The molecule has 0 radical (unpaired) electrons. The second-order valence-corrected chi connectivity index (χ2v) is 9.81. The number of anilines is 1. The molecule has 186 valence electrons. The highest BCUT2D eigenvalue weighted by atomic mass is 16.5. The molecule has 3 aromatic carbocycles. The monoisotopic (exact) mass is 492 g/mol. The topological polar surface area (TPSA) is 103 Å². The summed E-state index contributed by atoms with van der Waals surface area (Å²) in [4.78, 5) is 15.6. The van der Waals surface area contributed by atoms with Crippen LogP contribution < -0.4 is 10.5 Å². The molecular weight excluding hydrogens is 464 g/mol. The molecule has 7 heteroatoms. The number of rotatable bonds is 7. The van der Waals surface area contributed by atoms with Crippen molar-refractivity contribution in [2.75, 3.05) is 5.73 Å². The second kappa shape index (κ2) is 9.24. The van der Waals surface area contributed by atoms with Crippen molar-refractivity contribution >= 4 is 33.5 Å². The maximum Gasteiger partial charge on any atom is 0.307 e. The van der Waals surface area contributed by atoms with Crippen LogP contribution in [-0.4, -0.2) is 25.8 Å². The Balaban J connectivity index is 1.41. The predicted molar refractivity (Wildman–Crippen MR) is 145 cm³/mol. The van der Waals surface area contributed by atoms with Crippen LogP contribution in [0.3, 0.4) is 0 Å². The normalized spacial score (nSPS) is 13.6. The van der Waals surface area contributed by atoms with E-state index in [1.165, 1.54) is 6.42 Å². The molecule has 0 spiro atoms. The highest BCUT2D eigenvalue weighted by molar-refractivity contribution is 5.95. The van der Waals surface area contributed by atoms with Crippen LogP contribution in [0.5, 0.6) is 5.75 Å². The van der Waals surface area contributed by atoms with Gasteiger partial charge in [0.05, 0.1) is 23.7 Å². The van der Waals surface area contributed by atoms with E-state index in [0.29, 0.717) is 29.8 Å². The van der Waals surface area contributed by atoms with E-state index < -0.39 is 5.97 Å². The zero-order valence-corrected chi connectivity index (χ0v) is 20.6. The fourth-order valence-electron chi connectivity index (χ4n) is 5.03. The van der Waals surface area contributed by atoms with E-state index in [1.54, 1.807) is 6.20 Å². The van der Waals surface area contributed by atoms with Gasteiger partial charge in [0.1, 0.15) is 18.2 Å². The van der Waals surface area contributed by atoms with Gasteiger partial charge in [-0.1, -0.05) is 30.3 Å². The molecule has 0 unspecified atom stereocenters. The molecule has 1 aliphatic carbocycles.